The van der Waals surface area contributed by atoms with Crippen molar-refractivity contribution in [2.75, 3.05) is 6.61 Å². The Hall–Kier alpha value is -0.610. The lowest BCUT2D eigenvalue weighted by molar-refractivity contribution is -0.156. The molecule has 0 heterocycles. The molecule has 3 rings (SSSR count). The molecule has 0 aliphatic heterocycles. The molecule has 0 aromatic carbocycles. The minimum absolute atomic E-state index is 0.0263. The van der Waals surface area contributed by atoms with Crippen molar-refractivity contribution in [1.29, 1.82) is 0 Å². The molecule has 0 aromatic rings. The van der Waals surface area contributed by atoms with Crippen molar-refractivity contribution in [3.8, 4) is 0 Å². The second-order valence-electron chi connectivity index (χ2n) is 7.70. The number of aliphatic hydroxyl groups excluding tert-OH is 1. The molecule has 3 aliphatic carbocycles. The highest BCUT2D eigenvalue weighted by Gasteiger charge is 2.70. The molecule has 3 saturated carbocycles. The summed E-state index contributed by atoms with van der Waals surface area (Å²) in [5.74, 6) is -0.347. The number of rotatable bonds is 2. The van der Waals surface area contributed by atoms with Gasteiger partial charge in [-0.3, -0.25) is 4.79 Å². The molecule has 0 radical (unpaired) electrons. The number of carbonyl (C=O) groups is 1. The monoisotopic (exact) mass is 268 g/mol. The molecule has 5 unspecified atom stereocenters. The van der Waals surface area contributed by atoms with E-state index in [-0.39, 0.29) is 23.9 Å². The summed E-state index contributed by atoms with van der Waals surface area (Å²) in [6.07, 6.45) is 3.54. The largest absolute Gasteiger partial charge is 0.481 e. The van der Waals surface area contributed by atoms with Crippen LogP contribution < -0.4 is 0 Å². The fourth-order valence-corrected chi connectivity index (χ4v) is 5.73. The molecule has 5 atom stereocenters. The third-order valence-corrected chi connectivity index (χ3v) is 6.46. The number of carboxylic acid groups (broad SMARTS) is 1. The zero-order chi connectivity index (χ0) is 14.1. The van der Waals surface area contributed by atoms with Crippen LogP contribution in [0.3, 0.4) is 0 Å². The van der Waals surface area contributed by atoms with E-state index in [2.05, 4.69) is 13.8 Å². The summed E-state index contributed by atoms with van der Waals surface area (Å²) in [7, 11) is 0. The maximum absolute atomic E-state index is 11.9. The standard InChI is InChI=1S/C15H24O4/c1-13(2)7-14(12(17)18)5-3-10-11(14)9(13)4-6-15(10,19)8-16/h9-11,16,19H,3-8H2,1-2H3,(H,17,18). The molecule has 3 fully saturated rings. The SMILES string of the molecule is CC1(C)CC2(C(=O)O)CCC3C2C1CCC3(O)CO. The molecular weight excluding hydrogens is 244 g/mol. The van der Waals surface area contributed by atoms with Crippen molar-refractivity contribution in [3.63, 3.8) is 0 Å². The van der Waals surface area contributed by atoms with E-state index in [0.29, 0.717) is 25.2 Å². The third kappa shape index (κ3) is 1.50. The molecule has 4 heteroatoms. The van der Waals surface area contributed by atoms with E-state index in [1.807, 2.05) is 0 Å². The van der Waals surface area contributed by atoms with E-state index in [0.717, 1.165) is 12.8 Å². The van der Waals surface area contributed by atoms with Crippen molar-refractivity contribution in [3.05, 3.63) is 0 Å². The normalized spacial score (nSPS) is 51.1. The first-order valence-electron chi connectivity index (χ1n) is 7.33. The molecule has 3 N–H and O–H groups in total. The van der Waals surface area contributed by atoms with Crippen molar-refractivity contribution < 1.29 is 20.1 Å². The Morgan fingerprint density at radius 2 is 1.84 bits per heavy atom. The van der Waals surface area contributed by atoms with E-state index in [1.165, 1.54) is 0 Å². The van der Waals surface area contributed by atoms with Gasteiger partial charge in [0.05, 0.1) is 17.6 Å². The smallest absolute Gasteiger partial charge is 0.309 e. The zero-order valence-corrected chi connectivity index (χ0v) is 11.7. The van der Waals surface area contributed by atoms with Gasteiger partial charge in [0.15, 0.2) is 0 Å². The van der Waals surface area contributed by atoms with Gasteiger partial charge in [-0.15, -0.1) is 0 Å². The summed E-state index contributed by atoms with van der Waals surface area (Å²) in [5.41, 5.74) is -1.69. The average Bonchev–Trinajstić information content (AvgIpc) is 2.80. The van der Waals surface area contributed by atoms with Crippen LogP contribution in [0, 0.1) is 28.6 Å². The molecular formula is C15H24O4. The Morgan fingerprint density at radius 3 is 2.42 bits per heavy atom. The molecule has 108 valence electrons. The number of aliphatic carboxylic acids is 1. The average molecular weight is 268 g/mol. The maximum atomic E-state index is 11.9. The zero-order valence-electron chi connectivity index (χ0n) is 11.7. The molecule has 0 amide bonds. The summed E-state index contributed by atoms with van der Waals surface area (Å²) in [5, 5.41) is 29.9. The summed E-state index contributed by atoms with van der Waals surface area (Å²) in [6, 6.07) is 0. The number of aliphatic hydroxyl groups is 2. The molecule has 0 spiro atoms. The number of hydrogen-bond donors (Lipinski definition) is 3. The predicted molar refractivity (Wildman–Crippen MR) is 69.4 cm³/mol. The summed E-state index contributed by atoms with van der Waals surface area (Å²) in [4.78, 5) is 11.9. The topological polar surface area (TPSA) is 77.8 Å². The molecule has 3 aliphatic rings. The van der Waals surface area contributed by atoms with Gasteiger partial charge in [0.2, 0.25) is 0 Å². The van der Waals surface area contributed by atoms with Crippen LogP contribution >= 0.6 is 0 Å². The first-order valence-corrected chi connectivity index (χ1v) is 7.33. The highest BCUT2D eigenvalue weighted by Crippen LogP contribution is 2.70. The summed E-state index contributed by atoms with van der Waals surface area (Å²) in [6.45, 7) is 4.10. The Morgan fingerprint density at radius 1 is 1.21 bits per heavy atom. The minimum atomic E-state index is -1.06. The molecule has 19 heavy (non-hydrogen) atoms. The van der Waals surface area contributed by atoms with Crippen LogP contribution in [0.15, 0.2) is 0 Å². The van der Waals surface area contributed by atoms with Crippen LogP contribution in [-0.4, -0.2) is 33.5 Å². The second-order valence-corrected chi connectivity index (χ2v) is 7.70. The Labute approximate surface area is 113 Å². The molecule has 0 saturated heterocycles. The second kappa shape index (κ2) is 3.73. The van der Waals surface area contributed by atoms with E-state index in [4.69, 9.17) is 0 Å². The fraction of sp³-hybridized carbons (Fsp3) is 0.933. The van der Waals surface area contributed by atoms with Gasteiger partial charge in [0.1, 0.15) is 0 Å². The Bertz CT molecular complexity index is 418. The first-order chi connectivity index (χ1) is 8.77. The van der Waals surface area contributed by atoms with Crippen LogP contribution in [0.4, 0.5) is 0 Å². The highest BCUT2D eigenvalue weighted by atomic mass is 16.4. The minimum Gasteiger partial charge on any atom is -0.481 e. The van der Waals surface area contributed by atoms with Gasteiger partial charge in [-0.05, 0) is 55.3 Å². The summed E-state index contributed by atoms with van der Waals surface area (Å²) >= 11 is 0. The van der Waals surface area contributed by atoms with Gasteiger partial charge >= 0.3 is 5.97 Å². The van der Waals surface area contributed by atoms with Crippen LogP contribution in [-0.2, 0) is 4.79 Å². The van der Waals surface area contributed by atoms with Crippen molar-refractivity contribution in [2.24, 2.45) is 28.6 Å². The van der Waals surface area contributed by atoms with Crippen molar-refractivity contribution in [1.82, 2.24) is 0 Å². The van der Waals surface area contributed by atoms with E-state index < -0.39 is 17.0 Å². The molecule has 0 aromatic heterocycles. The van der Waals surface area contributed by atoms with E-state index in [9.17, 15) is 20.1 Å². The van der Waals surface area contributed by atoms with E-state index in [1.54, 1.807) is 0 Å². The Kier molecular flexibility index (Phi) is 2.63. The third-order valence-electron chi connectivity index (χ3n) is 6.46. The number of carboxylic acids is 1. The van der Waals surface area contributed by atoms with Gasteiger partial charge in [-0.1, -0.05) is 13.8 Å². The van der Waals surface area contributed by atoms with Crippen molar-refractivity contribution in [2.45, 2.75) is 51.6 Å². The maximum Gasteiger partial charge on any atom is 0.309 e. The van der Waals surface area contributed by atoms with Crippen molar-refractivity contribution >= 4 is 5.97 Å². The van der Waals surface area contributed by atoms with Gasteiger partial charge in [0, 0.05) is 0 Å². The van der Waals surface area contributed by atoms with E-state index >= 15 is 0 Å². The summed E-state index contributed by atoms with van der Waals surface area (Å²) < 4.78 is 0. The molecule has 0 bridgehead atoms. The van der Waals surface area contributed by atoms with Crippen LogP contribution in [0.1, 0.15) is 46.0 Å². The quantitative estimate of drug-likeness (QED) is 0.711. The van der Waals surface area contributed by atoms with Crippen LogP contribution in [0.25, 0.3) is 0 Å². The fourth-order valence-electron chi connectivity index (χ4n) is 5.73. The van der Waals surface area contributed by atoms with Gasteiger partial charge in [-0.2, -0.15) is 0 Å². The predicted octanol–water partition coefficient (Wildman–Crippen LogP) is 1.65. The lowest BCUT2D eigenvalue weighted by Crippen LogP contribution is -2.51. The van der Waals surface area contributed by atoms with Crippen LogP contribution in [0.5, 0.6) is 0 Å². The molecule has 4 nitrogen and oxygen atoms in total. The van der Waals surface area contributed by atoms with Crippen LogP contribution in [0.2, 0.25) is 0 Å². The lowest BCUT2D eigenvalue weighted by Gasteiger charge is -2.47. The Balaban J connectivity index is 2.06. The highest BCUT2D eigenvalue weighted by molar-refractivity contribution is 5.76. The number of hydrogen-bond acceptors (Lipinski definition) is 3. The van der Waals surface area contributed by atoms with Gasteiger partial charge < -0.3 is 15.3 Å². The lowest BCUT2D eigenvalue weighted by atomic mass is 9.61. The van der Waals surface area contributed by atoms with Gasteiger partial charge in [-0.25, -0.2) is 0 Å². The first kappa shape index (κ1) is 13.4. The van der Waals surface area contributed by atoms with Gasteiger partial charge in [0.25, 0.3) is 0 Å².